The largest absolute Gasteiger partial charge is 0.352 e. The molecule has 0 aliphatic heterocycles. The molecule has 0 saturated carbocycles. The number of nitrogens with zero attached hydrogens (tertiary/aromatic N) is 3. The van der Waals surface area contributed by atoms with Crippen LogP contribution in [0.1, 0.15) is 21.1 Å². The van der Waals surface area contributed by atoms with Crippen LogP contribution in [-0.4, -0.2) is 44.8 Å². The van der Waals surface area contributed by atoms with E-state index in [2.05, 4.69) is 20.6 Å². The van der Waals surface area contributed by atoms with E-state index in [1.807, 2.05) is 13.8 Å². The van der Waals surface area contributed by atoms with Gasteiger partial charge in [0.25, 0.3) is 0 Å². The molecule has 0 bridgehead atoms. The second-order valence-electron chi connectivity index (χ2n) is 5.95. The number of hydrogen-bond donors (Lipinski definition) is 2. The summed E-state index contributed by atoms with van der Waals surface area (Å²) in [5.41, 5.74) is 2.00. The first-order valence-corrected chi connectivity index (χ1v) is 10.4. The van der Waals surface area contributed by atoms with E-state index in [1.165, 1.54) is 23.3 Å². The molecule has 2 aromatic rings. The Morgan fingerprint density at radius 1 is 1.15 bits per heavy atom. The Morgan fingerprint density at radius 2 is 1.74 bits per heavy atom. The van der Waals surface area contributed by atoms with Crippen molar-refractivity contribution < 1.29 is 8.42 Å². The number of nitrogens with one attached hydrogen (secondary N) is 2. The molecule has 0 saturated heterocycles. The Kier molecular flexibility index (Phi) is 9.12. The molecule has 27 heavy (non-hydrogen) atoms. The predicted octanol–water partition coefficient (Wildman–Crippen LogP) is 2.49. The van der Waals surface area contributed by atoms with Crippen LogP contribution in [-0.2, 0) is 23.1 Å². The summed E-state index contributed by atoms with van der Waals surface area (Å²) in [6, 6.07) is 6.83. The zero-order valence-electron chi connectivity index (χ0n) is 16.1. The van der Waals surface area contributed by atoms with Crippen molar-refractivity contribution in [3.8, 4) is 0 Å². The van der Waals surface area contributed by atoms with Gasteiger partial charge in [-0.2, -0.15) is 0 Å². The topological polar surface area (TPSA) is 86.7 Å². The second-order valence-corrected chi connectivity index (χ2v) is 9.39. The number of hydrogen-bond acceptors (Lipinski definition) is 5. The van der Waals surface area contributed by atoms with Crippen LogP contribution < -0.4 is 10.6 Å². The average Bonchev–Trinajstić information content (AvgIpc) is 2.92. The molecule has 0 atom stereocenters. The lowest BCUT2D eigenvalue weighted by Crippen LogP contribution is -2.36. The third kappa shape index (κ3) is 6.40. The van der Waals surface area contributed by atoms with Gasteiger partial charge in [0.15, 0.2) is 5.96 Å². The van der Waals surface area contributed by atoms with Crippen molar-refractivity contribution in [2.75, 3.05) is 21.1 Å². The van der Waals surface area contributed by atoms with E-state index in [9.17, 15) is 8.42 Å². The van der Waals surface area contributed by atoms with Gasteiger partial charge in [-0.15, -0.1) is 35.3 Å². The minimum atomic E-state index is -3.40. The second kappa shape index (κ2) is 10.3. The van der Waals surface area contributed by atoms with Crippen molar-refractivity contribution in [3.63, 3.8) is 0 Å². The third-order valence-electron chi connectivity index (χ3n) is 3.80. The van der Waals surface area contributed by atoms with Crippen molar-refractivity contribution in [2.24, 2.45) is 4.99 Å². The maximum atomic E-state index is 12.1. The third-order valence-corrected chi connectivity index (χ3v) is 6.70. The normalized spacial score (nSPS) is 12.0. The van der Waals surface area contributed by atoms with Gasteiger partial charge in [-0.1, -0.05) is 12.1 Å². The first-order chi connectivity index (χ1) is 12.2. The highest BCUT2D eigenvalue weighted by atomic mass is 127. The number of aromatic nitrogens is 1. The van der Waals surface area contributed by atoms with Crippen LogP contribution in [0.2, 0.25) is 0 Å². The van der Waals surface area contributed by atoms with Gasteiger partial charge in [-0.05, 0) is 31.5 Å². The number of guanidine groups is 1. The molecule has 0 unspecified atom stereocenters. The highest BCUT2D eigenvalue weighted by molar-refractivity contribution is 14.0. The molecule has 0 fully saturated rings. The number of sulfonamides is 1. The number of rotatable bonds is 6. The molecule has 0 amide bonds. The maximum Gasteiger partial charge on any atom is 0.242 e. The van der Waals surface area contributed by atoms with Gasteiger partial charge in [0.2, 0.25) is 10.0 Å². The van der Waals surface area contributed by atoms with Crippen molar-refractivity contribution in [1.82, 2.24) is 19.9 Å². The Labute approximate surface area is 182 Å². The van der Waals surface area contributed by atoms with Crippen LogP contribution in [0.15, 0.2) is 34.2 Å². The first kappa shape index (κ1) is 23.8. The van der Waals surface area contributed by atoms with Crippen molar-refractivity contribution >= 4 is 51.3 Å². The molecule has 1 heterocycles. The van der Waals surface area contributed by atoms with E-state index >= 15 is 0 Å². The van der Waals surface area contributed by atoms with Crippen LogP contribution in [0.5, 0.6) is 0 Å². The molecule has 2 N–H and O–H groups in total. The minimum absolute atomic E-state index is 0. The monoisotopic (exact) mass is 523 g/mol. The molecule has 150 valence electrons. The highest BCUT2D eigenvalue weighted by Crippen LogP contribution is 2.16. The molecule has 0 aliphatic rings. The molecule has 7 nitrogen and oxygen atoms in total. The summed E-state index contributed by atoms with van der Waals surface area (Å²) in [5.74, 6) is 0.681. The molecule has 1 aromatic heterocycles. The molecule has 10 heteroatoms. The predicted molar refractivity (Wildman–Crippen MR) is 121 cm³/mol. The Hall–Kier alpha value is -1.24. The van der Waals surface area contributed by atoms with Gasteiger partial charge in [0.1, 0.15) is 0 Å². The average molecular weight is 523 g/mol. The molecule has 2 rings (SSSR count). The Balaban J connectivity index is 0.00000364. The quantitative estimate of drug-likeness (QED) is 0.345. The summed E-state index contributed by atoms with van der Waals surface area (Å²) in [7, 11) is 1.36. The van der Waals surface area contributed by atoms with Crippen LogP contribution >= 0.6 is 35.3 Å². The van der Waals surface area contributed by atoms with Crippen molar-refractivity contribution in [1.29, 1.82) is 0 Å². The summed E-state index contributed by atoms with van der Waals surface area (Å²) in [6.07, 6.45) is 0. The van der Waals surface area contributed by atoms with Gasteiger partial charge >= 0.3 is 0 Å². The van der Waals surface area contributed by atoms with E-state index in [4.69, 9.17) is 0 Å². The van der Waals surface area contributed by atoms with Gasteiger partial charge in [-0.3, -0.25) is 4.99 Å². The van der Waals surface area contributed by atoms with Crippen LogP contribution in [0.4, 0.5) is 0 Å². The highest BCUT2D eigenvalue weighted by Gasteiger charge is 2.16. The van der Waals surface area contributed by atoms with Crippen molar-refractivity contribution in [2.45, 2.75) is 31.8 Å². The Morgan fingerprint density at radius 3 is 2.22 bits per heavy atom. The number of halogens is 1. The molecule has 1 aromatic carbocycles. The van der Waals surface area contributed by atoms with Crippen LogP contribution in [0, 0.1) is 13.8 Å². The fourth-order valence-electron chi connectivity index (χ4n) is 2.30. The minimum Gasteiger partial charge on any atom is -0.352 e. The summed E-state index contributed by atoms with van der Waals surface area (Å²) in [4.78, 5) is 10.1. The summed E-state index contributed by atoms with van der Waals surface area (Å²) in [5, 5.41) is 7.54. The van der Waals surface area contributed by atoms with E-state index < -0.39 is 10.0 Å². The van der Waals surface area contributed by atoms with Gasteiger partial charge in [0, 0.05) is 32.6 Å². The van der Waals surface area contributed by atoms with E-state index in [0.29, 0.717) is 19.0 Å². The van der Waals surface area contributed by atoms with E-state index in [1.54, 1.807) is 42.6 Å². The number of aliphatic imine (C=N–C) groups is 1. The standard InChI is InChI=1S/C17H25N5O2S2.HI/c1-12-16(25-13(2)21-12)11-20-17(18-3)19-10-14-6-8-15(9-7-14)26(23,24)22(4)5;/h6-9H,10-11H2,1-5H3,(H2,18,19,20);1H. The summed E-state index contributed by atoms with van der Waals surface area (Å²) < 4.78 is 25.4. The first-order valence-electron chi connectivity index (χ1n) is 8.13. The van der Waals surface area contributed by atoms with Crippen molar-refractivity contribution in [3.05, 3.63) is 45.4 Å². The van der Waals surface area contributed by atoms with E-state index in [-0.39, 0.29) is 28.9 Å². The zero-order chi connectivity index (χ0) is 19.3. The molecular formula is C17H26IN5O2S2. The number of aryl methyl sites for hydroxylation is 2. The smallest absolute Gasteiger partial charge is 0.242 e. The lowest BCUT2D eigenvalue weighted by atomic mass is 10.2. The molecule has 0 radical (unpaired) electrons. The lowest BCUT2D eigenvalue weighted by molar-refractivity contribution is 0.520. The number of benzene rings is 1. The molecule has 0 aliphatic carbocycles. The van der Waals surface area contributed by atoms with Crippen LogP contribution in [0.3, 0.4) is 0 Å². The lowest BCUT2D eigenvalue weighted by Gasteiger charge is -2.13. The van der Waals surface area contributed by atoms with Gasteiger partial charge in [0.05, 0.1) is 22.1 Å². The SMILES string of the molecule is CN=C(NCc1ccc(S(=O)(=O)N(C)C)cc1)NCc1sc(C)nc1C.I. The fourth-order valence-corrected chi connectivity index (χ4v) is 4.08. The van der Waals surface area contributed by atoms with Gasteiger partial charge in [-0.25, -0.2) is 17.7 Å². The van der Waals surface area contributed by atoms with Crippen LogP contribution in [0.25, 0.3) is 0 Å². The number of thiazole rings is 1. The van der Waals surface area contributed by atoms with Gasteiger partial charge < -0.3 is 10.6 Å². The maximum absolute atomic E-state index is 12.1. The summed E-state index contributed by atoms with van der Waals surface area (Å²) in [6.45, 7) is 5.20. The molecule has 0 spiro atoms. The Bertz CT molecular complexity index is 877. The fraction of sp³-hybridized carbons (Fsp3) is 0.412. The zero-order valence-corrected chi connectivity index (χ0v) is 20.1. The summed E-state index contributed by atoms with van der Waals surface area (Å²) >= 11 is 1.67. The van der Waals surface area contributed by atoms with E-state index in [0.717, 1.165) is 16.3 Å². The molecular weight excluding hydrogens is 497 g/mol.